The molecule has 0 bridgehead atoms. The Hall–Kier alpha value is -3.87. The second-order valence-corrected chi connectivity index (χ2v) is 8.80. The number of rotatable bonds is 6. The monoisotopic (exact) mass is 459 g/mol. The van der Waals surface area contributed by atoms with Crippen LogP contribution in [0.2, 0.25) is 0 Å². The van der Waals surface area contributed by atoms with Crippen molar-refractivity contribution in [3.05, 3.63) is 77.1 Å². The summed E-state index contributed by atoms with van der Waals surface area (Å²) >= 11 is 0. The van der Waals surface area contributed by atoms with E-state index in [1.54, 1.807) is 20.2 Å². The first-order valence-electron chi connectivity index (χ1n) is 11.3. The number of hydrogen-bond donors (Lipinski definition) is 1. The largest absolute Gasteiger partial charge is 0.451 e. The number of nitrogens with one attached hydrogen (secondary N) is 1. The molecule has 1 aliphatic rings. The molecule has 7 nitrogen and oxygen atoms in total. The fourth-order valence-corrected chi connectivity index (χ4v) is 4.02. The van der Waals surface area contributed by atoms with Crippen LogP contribution in [0.15, 0.2) is 59.0 Å². The Labute approximate surface area is 199 Å². The quantitative estimate of drug-likeness (QED) is 0.610. The highest BCUT2D eigenvalue weighted by Gasteiger charge is 2.20. The van der Waals surface area contributed by atoms with Crippen molar-refractivity contribution in [2.45, 2.75) is 26.3 Å². The maximum absolute atomic E-state index is 13.0. The van der Waals surface area contributed by atoms with Crippen LogP contribution in [0.3, 0.4) is 0 Å². The predicted molar refractivity (Wildman–Crippen MR) is 131 cm³/mol. The van der Waals surface area contributed by atoms with Crippen molar-refractivity contribution < 1.29 is 18.8 Å². The van der Waals surface area contributed by atoms with Crippen LogP contribution in [0, 0.1) is 0 Å². The van der Waals surface area contributed by atoms with Gasteiger partial charge in [0, 0.05) is 46.0 Å². The molecule has 2 heterocycles. The van der Waals surface area contributed by atoms with Gasteiger partial charge in [-0.2, -0.15) is 0 Å². The lowest BCUT2D eigenvalue weighted by Gasteiger charge is -2.28. The van der Waals surface area contributed by atoms with Crippen LogP contribution < -0.4 is 5.32 Å². The highest BCUT2D eigenvalue weighted by molar-refractivity contribution is 5.96. The zero-order valence-electron chi connectivity index (χ0n) is 19.8. The zero-order valence-corrected chi connectivity index (χ0v) is 19.8. The van der Waals surface area contributed by atoms with Gasteiger partial charge in [-0.1, -0.05) is 36.4 Å². The first-order chi connectivity index (χ1) is 16.3. The smallest absolute Gasteiger partial charge is 0.289 e. The Morgan fingerprint density at radius 3 is 2.47 bits per heavy atom. The first-order valence-corrected chi connectivity index (χ1v) is 11.3. The molecule has 7 heteroatoms. The maximum Gasteiger partial charge on any atom is 0.289 e. The fourth-order valence-electron chi connectivity index (χ4n) is 4.02. The lowest BCUT2D eigenvalue weighted by molar-refractivity contribution is -0.130. The van der Waals surface area contributed by atoms with E-state index in [0.717, 1.165) is 34.1 Å². The molecule has 0 fully saturated rings. The molecule has 0 saturated carbocycles. The van der Waals surface area contributed by atoms with Gasteiger partial charge in [0.2, 0.25) is 11.8 Å². The van der Waals surface area contributed by atoms with Crippen LogP contribution in [0.5, 0.6) is 0 Å². The molecule has 0 atom stereocenters. The molecule has 2 aromatic carbocycles. The summed E-state index contributed by atoms with van der Waals surface area (Å²) in [5.74, 6) is 0.162. The summed E-state index contributed by atoms with van der Waals surface area (Å²) in [7, 11) is 3.39. The topological polar surface area (TPSA) is 82.9 Å². The molecule has 176 valence electrons. The highest BCUT2D eigenvalue weighted by atomic mass is 16.3. The van der Waals surface area contributed by atoms with E-state index >= 15 is 0 Å². The fraction of sp³-hybridized carbons (Fsp3) is 0.296. The Morgan fingerprint density at radius 1 is 1.03 bits per heavy atom. The van der Waals surface area contributed by atoms with Crippen LogP contribution in [0.25, 0.3) is 16.5 Å². The third-order valence-electron chi connectivity index (χ3n) is 5.93. The minimum absolute atomic E-state index is 0.0670. The molecule has 4 rings (SSSR count). The Kier molecular flexibility index (Phi) is 6.82. The average molecular weight is 460 g/mol. The number of benzene rings is 2. The number of hydrogen-bond acceptors (Lipinski definition) is 4. The molecule has 34 heavy (non-hydrogen) atoms. The highest BCUT2D eigenvalue weighted by Crippen LogP contribution is 2.27. The Balaban J connectivity index is 1.42. The second-order valence-electron chi connectivity index (χ2n) is 8.80. The van der Waals surface area contributed by atoms with Gasteiger partial charge in [0.1, 0.15) is 5.58 Å². The zero-order chi connectivity index (χ0) is 24.2. The van der Waals surface area contributed by atoms with Crippen molar-refractivity contribution >= 4 is 34.3 Å². The number of fused-ring (bicyclic) bond motifs is 1. The van der Waals surface area contributed by atoms with Gasteiger partial charge >= 0.3 is 0 Å². The van der Waals surface area contributed by atoms with E-state index in [-0.39, 0.29) is 17.7 Å². The standard InChI is InChI=1S/C27H29N3O4/c1-18(31)28-16-20-8-6-19(7-9-20)13-26(32)30-12-4-5-22(17-30)21-10-11-24-23(14-21)15-25(34-24)27(33)29(2)3/h5-11,14-15H,4,12-13,16-17H2,1-3H3,(H,28,31). The van der Waals surface area contributed by atoms with Crippen LogP contribution in [-0.2, 0) is 22.6 Å². The maximum atomic E-state index is 13.0. The SMILES string of the molecule is CC(=O)NCc1ccc(CC(=O)N2CCC=C(c3ccc4oc(C(=O)N(C)C)cc4c3)C2)cc1. The van der Waals surface area contributed by atoms with Gasteiger partial charge in [-0.05, 0) is 46.9 Å². The van der Waals surface area contributed by atoms with E-state index in [1.165, 1.54) is 11.8 Å². The Morgan fingerprint density at radius 2 is 1.76 bits per heavy atom. The summed E-state index contributed by atoms with van der Waals surface area (Å²) in [6.07, 6.45) is 3.31. The van der Waals surface area contributed by atoms with Gasteiger partial charge in [-0.25, -0.2) is 0 Å². The summed E-state index contributed by atoms with van der Waals surface area (Å²) in [6.45, 7) is 3.21. The summed E-state index contributed by atoms with van der Waals surface area (Å²) in [4.78, 5) is 39.6. The molecule has 0 saturated heterocycles. The normalized spacial score (nSPS) is 13.5. The van der Waals surface area contributed by atoms with Gasteiger partial charge < -0.3 is 19.5 Å². The van der Waals surface area contributed by atoms with Crippen molar-refractivity contribution in [1.82, 2.24) is 15.1 Å². The van der Waals surface area contributed by atoms with Crippen LogP contribution in [0.4, 0.5) is 0 Å². The first kappa shape index (κ1) is 23.3. The summed E-state index contributed by atoms with van der Waals surface area (Å²) in [5.41, 5.74) is 4.73. The number of carbonyl (C=O) groups excluding carboxylic acids is 3. The third kappa shape index (κ3) is 5.36. The minimum Gasteiger partial charge on any atom is -0.451 e. The van der Waals surface area contributed by atoms with Gasteiger partial charge in [0.25, 0.3) is 5.91 Å². The van der Waals surface area contributed by atoms with Crippen LogP contribution in [-0.4, -0.2) is 54.7 Å². The number of nitrogens with zero attached hydrogens (tertiary/aromatic N) is 2. The molecule has 1 aromatic heterocycles. The second kappa shape index (κ2) is 9.95. The van der Waals surface area contributed by atoms with Gasteiger partial charge in [-0.15, -0.1) is 0 Å². The molecule has 3 amide bonds. The van der Waals surface area contributed by atoms with E-state index in [0.29, 0.717) is 37.4 Å². The molecule has 1 aliphatic heterocycles. The van der Waals surface area contributed by atoms with Gasteiger partial charge in [-0.3, -0.25) is 14.4 Å². The van der Waals surface area contributed by atoms with E-state index in [2.05, 4.69) is 11.4 Å². The van der Waals surface area contributed by atoms with Crippen molar-refractivity contribution in [3.8, 4) is 0 Å². The van der Waals surface area contributed by atoms with Crippen LogP contribution >= 0.6 is 0 Å². The third-order valence-corrected chi connectivity index (χ3v) is 5.93. The van der Waals surface area contributed by atoms with Crippen molar-refractivity contribution in [2.24, 2.45) is 0 Å². The van der Waals surface area contributed by atoms with E-state index in [1.807, 2.05) is 47.4 Å². The van der Waals surface area contributed by atoms with Crippen molar-refractivity contribution in [2.75, 3.05) is 27.2 Å². The molecular formula is C27H29N3O4. The number of carbonyl (C=O) groups is 3. The molecule has 0 spiro atoms. The average Bonchev–Trinajstić information content (AvgIpc) is 3.26. The molecule has 0 unspecified atom stereocenters. The lowest BCUT2D eigenvalue weighted by Crippen LogP contribution is -2.36. The van der Waals surface area contributed by atoms with E-state index < -0.39 is 0 Å². The Bertz CT molecular complexity index is 1250. The molecule has 3 aromatic rings. The predicted octanol–water partition coefficient (Wildman–Crippen LogP) is 3.63. The minimum atomic E-state index is -0.172. The molecule has 1 N–H and O–H groups in total. The number of furan rings is 1. The van der Waals surface area contributed by atoms with Crippen molar-refractivity contribution in [3.63, 3.8) is 0 Å². The number of amides is 3. The summed E-state index contributed by atoms with van der Waals surface area (Å²) < 4.78 is 5.70. The van der Waals surface area contributed by atoms with E-state index in [4.69, 9.17) is 4.42 Å². The lowest BCUT2D eigenvalue weighted by atomic mass is 9.99. The van der Waals surface area contributed by atoms with E-state index in [9.17, 15) is 14.4 Å². The molecular weight excluding hydrogens is 430 g/mol. The van der Waals surface area contributed by atoms with Crippen molar-refractivity contribution in [1.29, 1.82) is 0 Å². The van der Waals surface area contributed by atoms with Gasteiger partial charge in [0.05, 0.1) is 6.42 Å². The van der Waals surface area contributed by atoms with Gasteiger partial charge in [0.15, 0.2) is 5.76 Å². The van der Waals surface area contributed by atoms with Crippen LogP contribution in [0.1, 0.15) is 40.6 Å². The summed E-state index contributed by atoms with van der Waals surface area (Å²) in [5, 5.41) is 3.64. The molecule has 0 radical (unpaired) electrons. The summed E-state index contributed by atoms with van der Waals surface area (Å²) in [6, 6.07) is 15.4. The molecule has 0 aliphatic carbocycles.